The number of ether oxygens (including phenoxy) is 1. The maximum atomic E-state index is 12.2. The van der Waals surface area contributed by atoms with Gasteiger partial charge in [0.1, 0.15) is 5.69 Å². The second-order valence-corrected chi connectivity index (χ2v) is 6.32. The Bertz CT molecular complexity index is 854. The fraction of sp³-hybridized carbons (Fsp3) is 0.333. The molecule has 0 aliphatic heterocycles. The molecule has 0 aliphatic rings. The molecule has 0 aliphatic carbocycles. The first-order valence-electron chi connectivity index (χ1n) is 9.39. The van der Waals surface area contributed by atoms with Gasteiger partial charge in [0.2, 0.25) is 0 Å². The number of aromatic nitrogens is 1. The van der Waals surface area contributed by atoms with Crippen molar-refractivity contribution in [2.75, 3.05) is 26.3 Å². The van der Waals surface area contributed by atoms with E-state index in [4.69, 9.17) is 9.84 Å². The van der Waals surface area contributed by atoms with E-state index in [1.165, 1.54) is 18.3 Å². The number of benzene rings is 1. The van der Waals surface area contributed by atoms with Crippen LogP contribution in [-0.2, 0) is 4.74 Å². The number of aryl methyl sites for hydroxylation is 1. The summed E-state index contributed by atoms with van der Waals surface area (Å²) in [7, 11) is 0. The number of pyridine rings is 1. The molecule has 2 aromatic rings. The summed E-state index contributed by atoms with van der Waals surface area (Å²) in [5.41, 5.74) is 1.81. The van der Waals surface area contributed by atoms with E-state index in [1.807, 2.05) is 19.1 Å². The Balaban J connectivity index is 1.75. The fourth-order valence-corrected chi connectivity index (χ4v) is 2.49. The van der Waals surface area contributed by atoms with Crippen LogP contribution in [0.2, 0.25) is 0 Å². The van der Waals surface area contributed by atoms with Crippen LogP contribution in [0.4, 0.5) is 0 Å². The standard InChI is InChI=1S/C21H25N3O5/c1-15-6-2-3-7-17(15)21(28)29-13-5-10-23-19(26)16-8-11-22-18(14-16)20(27)24-9-4-12-25/h2-3,6-8,11,14,25H,4-5,9-10,12-13H2,1H3,(H,23,26)(H,24,27). The van der Waals surface area contributed by atoms with E-state index in [0.717, 1.165) is 5.56 Å². The van der Waals surface area contributed by atoms with Crippen LogP contribution in [0.25, 0.3) is 0 Å². The third-order valence-corrected chi connectivity index (χ3v) is 4.08. The van der Waals surface area contributed by atoms with Gasteiger partial charge in [-0.3, -0.25) is 14.6 Å². The Labute approximate surface area is 169 Å². The fourth-order valence-electron chi connectivity index (χ4n) is 2.49. The van der Waals surface area contributed by atoms with Crippen LogP contribution in [-0.4, -0.2) is 54.2 Å². The zero-order valence-corrected chi connectivity index (χ0v) is 16.3. The number of aliphatic hydroxyl groups excluding tert-OH is 1. The van der Waals surface area contributed by atoms with Crippen LogP contribution >= 0.6 is 0 Å². The molecule has 1 aromatic heterocycles. The molecule has 1 aromatic carbocycles. The minimum absolute atomic E-state index is 0.0174. The van der Waals surface area contributed by atoms with E-state index >= 15 is 0 Å². The quantitative estimate of drug-likeness (QED) is 0.411. The number of esters is 1. The monoisotopic (exact) mass is 399 g/mol. The molecule has 154 valence electrons. The first-order valence-corrected chi connectivity index (χ1v) is 9.39. The lowest BCUT2D eigenvalue weighted by molar-refractivity contribution is 0.0500. The second-order valence-electron chi connectivity index (χ2n) is 6.32. The Morgan fingerprint density at radius 1 is 1.03 bits per heavy atom. The molecule has 0 radical (unpaired) electrons. The van der Waals surface area contributed by atoms with Gasteiger partial charge in [0.25, 0.3) is 11.8 Å². The summed E-state index contributed by atoms with van der Waals surface area (Å²) >= 11 is 0. The average molecular weight is 399 g/mol. The van der Waals surface area contributed by atoms with Crippen LogP contribution in [0.5, 0.6) is 0 Å². The lowest BCUT2D eigenvalue weighted by Crippen LogP contribution is -2.28. The van der Waals surface area contributed by atoms with Gasteiger partial charge >= 0.3 is 5.97 Å². The largest absolute Gasteiger partial charge is 0.462 e. The summed E-state index contributed by atoms with van der Waals surface area (Å²) in [5.74, 6) is -1.14. The number of amides is 2. The van der Waals surface area contributed by atoms with Crippen molar-refractivity contribution in [3.05, 3.63) is 65.0 Å². The molecule has 1 heterocycles. The highest BCUT2D eigenvalue weighted by molar-refractivity contribution is 5.98. The maximum Gasteiger partial charge on any atom is 0.338 e. The number of hydrogen-bond donors (Lipinski definition) is 3. The summed E-state index contributed by atoms with van der Waals surface area (Å²) in [6.07, 6.45) is 2.29. The van der Waals surface area contributed by atoms with Gasteiger partial charge in [-0.15, -0.1) is 0 Å². The number of aliphatic hydroxyl groups is 1. The Hall–Kier alpha value is -3.26. The summed E-state index contributed by atoms with van der Waals surface area (Å²) in [5, 5.41) is 14.1. The normalized spacial score (nSPS) is 10.3. The van der Waals surface area contributed by atoms with Gasteiger partial charge in [-0.1, -0.05) is 18.2 Å². The zero-order chi connectivity index (χ0) is 21.1. The second kappa shape index (κ2) is 11.6. The first kappa shape index (κ1) is 22.0. The van der Waals surface area contributed by atoms with Crippen LogP contribution in [0.15, 0.2) is 42.6 Å². The van der Waals surface area contributed by atoms with Crippen LogP contribution in [0, 0.1) is 6.92 Å². The number of carbonyl (C=O) groups excluding carboxylic acids is 3. The third-order valence-electron chi connectivity index (χ3n) is 4.08. The van der Waals surface area contributed by atoms with E-state index in [-0.39, 0.29) is 30.8 Å². The SMILES string of the molecule is Cc1ccccc1C(=O)OCCCNC(=O)c1ccnc(C(=O)NCCCO)c1. The predicted molar refractivity (Wildman–Crippen MR) is 107 cm³/mol. The van der Waals surface area contributed by atoms with Crippen molar-refractivity contribution in [2.45, 2.75) is 19.8 Å². The topological polar surface area (TPSA) is 118 Å². The molecule has 2 amide bonds. The molecule has 0 unspecified atom stereocenters. The molecular weight excluding hydrogens is 374 g/mol. The Morgan fingerprint density at radius 3 is 2.52 bits per heavy atom. The van der Waals surface area contributed by atoms with E-state index in [1.54, 1.807) is 12.1 Å². The number of nitrogens with one attached hydrogen (secondary N) is 2. The number of hydrogen-bond acceptors (Lipinski definition) is 6. The van der Waals surface area contributed by atoms with Crippen molar-refractivity contribution in [3.63, 3.8) is 0 Å². The summed E-state index contributed by atoms with van der Waals surface area (Å²) in [6.45, 7) is 2.65. The van der Waals surface area contributed by atoms with Gasteiger partial charge in [0.15, 0.2) is 0 Å². The first-order chi connectivity index (χ1) is 14.0. The number of rotatable bonds is 10. The molecule has 8 nitrogen and oxygen atoms in total. The van der Waals surface area contributed by atoms with Crippen molar-refractivity contribution in [1.82, 2.24) is 15.6 Å². The molecule has 3 N–H and O–H groups in total. The smallest absolute Gasteiger partial charge is 0.338 e. The highest BCUT2D eigenvalue weighted by atomic mass is 16.5. The van der Waals surface area contributed by atoms with Gasteiger partial charge in [-0.05, 0) is 43.5 Å². The molecule has 29 heavy (non-hydrogen) atoms. The maximum absolute atomic E-state index is 12.2. The minimum Gasteiger partial charge on any atom is -0.462 e. The van der Waals surface area contributed by atoms with Gasteiger partial charge in [0.05, 0.1) is 12.2 Å². The third kappa shape index (κ3) is 7.00. The molecule has 0 fully saturated rings. The van der Waals surface area contributed by atoms with Crippen molar-refractivity contribution in [3.8, 4) is 0 Å². The van der Waals surface area contributed by atoms with Crippen LogP contribution in [0.1, 0.15) is 49.6 Å². The van der Waals surface area contributed by atoms with E-state index in [9.17, 15) is 14.4 Å². The molecule has 0 bridgehead atoms. The molecule has 0 saturated carbocycles. The Morgan fingerprint density at radius 2 is 1.76 bits per heavy atom. The zero-order valence-electron chi connectivity index (χ0n) is 16.3. The van der Waals surface area contributed by atoms with Crippen LogP contribution in [0.3, 0.4) is 0 Å². The lowest BCUT2D eigenvalue weighted by Gasteiger charge is -2.09. The van der Waals surface area contributed by atoms with Gasteiger partial charge in [-0.25, -0.2) is 4.79 Å². The van der Waals surface area contributed by atoms with Crippen molar-refractivity contribution in [2.24, 2.45) is 0 Å². The summed E-state index contributed by atoms with van der Waals surface area (Å²) in [4.78, 5) is 40.2. The van der Waals surface area contributed by atoms with Gasteiger partial charge in [0, 0.05) is 31.5 Å². The highest BCUT2D eigenvalue weighted by Gasteiger charge is 2.12. The van der Waals surface area contributed by atoms with E-state index in [2.05, 4.69) is 15.6 Å². The molecule has 8 heteroatoms. The molecule has 0 saturated heterocycles. The average Bonchev–Trinajstić information content (AvgIpc) is 2.73. The predicted octanol–water partition coefficient (Wildman–Crippen LogP) is 1.48. The van der Waals surface area contributed by atoms with Gasteiger partial charge < -0.3 is 20.5 Å². The van der Waals surface area contributed by atoms with Crippen molar-refractivity contribution < 1.29 is 24.2 Å². The van der Waals surface area contributed by atoms with Crippen molar-refractivity contribution >= 4 is 17.8 Å². The number of nitrogens with zero attached hydrogens (tertiary/aromatic N) is 1. The molecule has 0 spiro atoms. The minimum atomic E-state index is -0.406. The molecule has 0 atom stereocenters. The van der Waals surface area contributed by atoms with Gasteiger partial charge in [-0.2, -0.15) is 0 Å². The van der Waals surface area contributed by atoms with Crippen LogP contribution < -0.4 is 10.6 Å². The van der Waals surface area contributed by atoms with Crippen molar-refractivity contribution in [1.29, 1.82) is 0 Å². The summed E-state index contributed by atoms with van der Waals surface area (Å²) in [6, 6.07) is 10.1. The number of carbonyl (C=O) groups is 3. The highest BCUT2D eigenvalue weighted by Crippen LogP contribution is 2.08. The van der Waals surface area contributed by atoms with E-state index < -0.39 is 5.91 Å². The molecular formula is C21H25N3O5. The lowest BCUT2D eigenvalue weighted by atomic mass is 10.1. The molecule has 2 rings (SSSR count). The van der Waals surface area contributed by atoms with E-state index in [0.29, 0.717) is 37.1 Å². The Kier molecular flexibility index (Phi) is 8.78. The summed E-state index contributed by atoms with van der Waals surface area (Å²) < 4.78 is 5.22.